The van der Waals surface area contributed by atoms with E-state index in [0.29, 0.717) is 5.15 Å². The van der Waals surface area contributed by atoms with Crippen molar-refractivity contribution in [2.45, 2.75) is 34.1 Å². The van der Waals surface area contributed by atoms with Gasteiger partial charge in [0.15, 0.2) is 5.82 Å². The highest BCUT2D eigenvalue weighted by Crippen LogP contribution is 2.20. The molecule has 0 aliphatic heterocycles. The molecule has 2 aromatic rings. The molecule has 0 aromatic carbocycles. The largest absolute Gasteiger partial charge is 0.221 e. The van der Waals surface area contributed by atoms with Crippen molar-refractivity contribution in [1.29, 1.82) is 0 Å². The molecule has 0 saturated heterocycles. The highest BCUT2D eigenvalue weighted by Gasteiger charge is 2.13. The number of rotatable bonds is 2. The summed E-state index contributed by atoms with van der Waals surface area (Å²) < 4.78 is 1.82. The standard InChI is InChI=1S/C12H15ClN4/c1-5-10-14-11(13)9(4)12(15-10)17-8(3)6-7(2)16-17/h6H,5H2,1-4H3. The van der Waals surface area contributed by atoms with E-state index in [1.165, 1.54) is 0 Å². The number of nitrogens with zero attached hydrogens (tertiary/aromatic N) is 4. The minimum atomic E-state index is 0.499. The molecule has 0 bridgehead atoms. The maximum absolute atomic E-state index is 6.11. The number of halogens is 1. The van der Waals surface area contributed by atoms with Crippen LogP contribution in [0.15, 0.2) is 6.07 Å². The van der Waals surface area contributed by atoms with Crippen LogP contribution in [0, 0.1) is 20.8 Å². The van der Waals surface area contributed by atoms with Crippen molar-refractivity contribution in [2.24, 2.45) is 0 Å². The third-order valence-electron chi connectivity index (χ3n) is 2.63. The van der Waals surface area contributed by atoms with E-state index in [1.54, 1.807) is 0 Å². The molecule has 2 heterocycles. The molecule has 0 aliphatic carbocycles. The summed E-state index contributed by atoms with van der Waals surface area (Å²) in [5.41, 5.74) is 2.87. The number of hydrogen-bond acceptors (Lipinski definition) is 3. The van der Waals surface area contributed by atoms with Crippen molar-refractivity contribution in [3.8, 4) is 5.82 Å². The van der Waals surface area contributed by atoms with Gasteiger partial charge in [0.05, 0.1) is 5.69 Å². The SMILES string of the molecule is CCc1nc(Cl)c(C)c(-n2nc(C)cc2C)n1. The summed E-state index contributed by atoms with van der Waals surface area (Å²) in [5.74, 6) is 1.51. The Morgan fingerprint density at radius 3 is 2.47 bits per heavy atom. The Morgan fingerprint density at radius 1 is 1.24 bits per heavy atom. The first-order chi connectivity index (χ1) is 8.02. The summed E-state index contributed by atoms with van der Waals surface area (Å²) in [6, 6.07) is 2.01. The molecule has 2 aromatic heterocycles. The van der Waals surface area contributed by atoms with E-state index in [2.05, 4.69) is 15.1 Å². The van der Waals surface area contributed by atoms with E-state index >= 15 is 0 Å². The Kier molecular flexibility index (Phi) is 3.15. The van der Waals surface area contributed by atoms with Gasteiger partial charge in [-0.3, -0.25) is 0 Å². The van der Waals surface area contributed by atoms with Crippen molar-refractivity contribution in [2.75, 3.05) is 0 Å². The highest BCUT2D eigenvalue weighted by atomic mass is 35.5. The third-order valence-corrected chi connectivity index (χ3v) is 3.00. The second-order valence-electron chi connectivity index (χ2n) is 4.07. The minimum absolute atomic E-state index is 0.499. The quantitative estimate of drug-likeness (QED) is 0.770. The van der Waals surface area contributed by atoms with Crippen LogP contribution >= 0.6 is 11.6 Å². The smallest absolute Gasteiger partial charge is 0.161 e. The first-order valence-electron chi connectivity index (χ1n) is 5.59. The summed E-state index contributed by atoms with van der Waals surface area (Å²) in [7, 11) is 0. The van der Waals surface area contributed by atoms with Crippen LogP contribution in [0.3, 0.4) is 0 Å². The van der Waals surface area contributed by atoms with Gasteiger partial charge in [0.2, 0.25) is 0 Å². The van der Waals surface area contributed by atoms with Crippen LogP contribution in [0.2, 0.25) is 5.15 Å². The second kappa shape index (κ2) is 4.45. The van der Waals surface area contributed by atoms with E-state index < -0.39 is 0 Å². The third kappa shape index (κ3) is 2.17. The van der Waals surface area contributed by atoms with E-state index in [9.17, 15) is 0 Å². The highest BCUT2D eigenvalue weighted by molar-refractivity contribution is 6.30. The van der Waals surface area contributed by atoms with Crippen LogP contribution in [0.4, 0.5) is 0 Å². The maximum Gasteiger partial charge on any atom is 0.161 e. The molecule has 0 fully saturated rings. The average Bonchev–Trinajstić information content (AvgIpc) is 2.61. The van der Waals surface area contributed by atoms with Gasteiger partial charge in [-0.15, -0.1) is 0 Å². The molecule has 5 heteroatoms. The lowest BCUT2D eigenvalue weighted by Gasteiger charge is -2.09. The van der Waals surface area contributed by atoms with Gasteiger partial charge in [0.1, 0.15) is 11.0 Å². The normalized spacial score (nSPS) is 10.9. The van der Waals surface area contributed by atoms with Crippen molar-refractivity contribution in [1.82, 2.24) is 19.7 Å². The van der Waals surface area contributed by atoms with Crippen molar-refractivity contribution in [3.05, 3.63) is 34.0 Å². The Bertz CT molecular complexity index is 560. The fourth-order valence-corrected chi connectivity index (χ4v) is 1.91. The first kappa shape index (κ1) is 12.0. The van der Waals surface area contributed by atoms with Crippen LogP contribution in [0.5, 0.6) is 0 Å². The van der Waals surface area contributed by atoms with E-state index in [4.69, 9.17) is 11.6 Å². The lowest BCUT2D eigenvalue weighted by Crippen LogP contribution is -2.08. The lowest BCUT2D eigenvalue weighted by atomic mass is 10.3. The predicted octanol–water partition coefficient (Wildman–Crippen LogP) is 2.80. The molecule has 90 valence electrons. The summed E-state index contributed by atoms with van der Waals surface area (Å²) in [4.78, 5) is 8.73. The minimum Gasteiger partial charge on any atom is -0.221 e. The van der Waals surface area contributed by atoms with Crippen LogP contribution in [-0.2, 0) is 6.42 Å². The van der Waals surface area contributed by atoms with Gasteiger partial charge in [0, 0.05) is 17.7 Å². The Morgan fingerprint density at radius 2 is 1.94 bits per heavy atom. The van der Waals surface area contributed by atoms with Crippen molar-refractivity contribution >= 4 is 11.6 Å². The fraction of sp³-hybridized carbons (Fsp3) is 0.417. The molecule has 0 aliphatic rings. The molecule has 0 atom stereocenters. The van der Waals surface area contributed by atoms with Gasteiger partial charge < -0.3 is 0 Å². The molecule has 4 nitrogen and oxygen atoms in total. The summed E-state index contributed by atoms with van der Waals surface area (Å²) in [6.07, 6.45) is 0.756. The van der Waals surface area contributed by atoms with Crippen LogP contribution in [0.25, 0.3) is 5.82 Å². The lowest BCUT2D eigenvalue weighted by molar-refractivity contribution is 0.774. The Balaban J connectivity index is 2.66. The molecular formula is C12H15ClN4. The molecule has 0 spiro atoms. The number of hydrogen-bond donors (Lipinski definition) is 0. The zero-order valence-corrected chi connectivity index (χ0v) is 11.2. The monoisotopic (exact) mass is 250 g/mol. The average molecular weight is 251 g/mol. The zero-order chi connectivity index (χ0) is 12.6. The molecule has 0 amide bonds. The van der Waals surface area contributed by atoms with E-state index in [-0.39, 0.29) is 0 Å². The Hall–Kier alpha value is -1.42. The summed E-state index contributed by atoms with van der Waals surface area (Å²) in [5, 5.41) is 4.93. The zero-order valence-electron chi connectivity index (χ0n) is 10.5. The molecule has 0 saturated carbocycles. The van der Waals surface area contributed by atoms with Gasteiger partial charge in [0.25, 0.3) is 0 Å². The first-order valence-corrected chi connectivity index (χ1v) is 5.97. The van der Waals surface area contributed by atoms with Crippen LogP contribution in [-0.4, -0.2) is 19.7 Å². The topological polar surface area (TPSA) is 43.6 Å². The van der Waals surface area contributed by atoms with Gasteiger partial charge in [-0.1, -0.05) is 18.5 Å². The van der Waals surface area contributed by atoms with Gasteiger partial charge >= 0.3 is 0 Å². The number of aromatic nitrogens is 4. The van der Waals surface area contributed by atoms with Crippen molar-refractivity contribution < 1.29 is 0 Å². The van der Waals surface area contributed by atoms with Gasteiger partial charge in [-0.25, -0.2) is 14.6 Å². The molecular weight excluding hydrogens is 236 g/mol. The predicted molar refractivity (Wildman–Crippen MR) is 67.8 cm³/mol. The molecule has 0 unspecified atom stereocenters. The summed E-state index contributed by atoms with van der Waals surface area (Å²) >= 11 is 6.11. The van der Waals surface area contributed by atoms with Gasteiger partial charge in [-0.2, -0.15) is 5.10 Å². The van der Waals surface area contributed by atoms with Crippen molar-refractivity contribution in [3.63, 3.8) is 0 Å². The molecule has 0 radical (unpaired) electrons. The van der Waals surface area contributed by atoms with Gasteiger partial charge in [-0.05, 0) is 26.8 Å². The summed E-state index contributed by atoms with van der Waals surface area (Å²) in [6.45, 7) is 7.88. The fourth-order valence-electron chi connectivity index (χ4n) is 1.73. The maximum atomic E-state index is 6.11. The van der Waals surface area contributed by atoms with Crippen LogP contribution < -0.4 is 0 Å². The molecule has 0 N–H and O–H groups in total. The second-order valence-corrected chi connectivity index (χ2v) is 4.43. The molecule has 2 rings (SSSR count). The molecule has 17 heavy (non-hydrogen) atoms. The van der Waals surface area contributed by atoms with E-state index in [1.807, 2.05) is 38.4 Å². The van der Waals surface area contributed by atoms with E-state index in [0.717, 1.165) is 35.0 Å². The van der Waals surface area contributed by atoms with Crippen LogP contribution in [0.1, 0.15) is 29.7 Å². The number of aryl methyl sites for hydroxylation is 3. The Labute approximate surface area is 106 Å².